The summed E-state index contributed by atoms with van der Waals surface area (Å²) < 4.78 is 14.7. The number of halogens is 3. The van der Waals surface area contributed by atoms with Crippen LogP contribution in [0.2, 0.25) is 10.0 Å². The molecule has 128 valence electrons. The molecule has 0 aliphatic carbocycles. The van der Waals surface area contributed by atoms with Crippen LogP contribution in [-0.4, -0.2) is 6.54 Å². The number of anilines is 1. The van der Waals surface area contributed by atoms with Gasteiger partial charge >= 0.3 is 0 Å². The zero-order chi connectivity index (χ0) is 18.4. The predicted molar refractivity (Wildman–Crippen MR) is 99.8 cm³/mol. The fourth-order valence-corrected chi connectivity index (χ4v) is 3.57. The summed E-state index contributed by atoms with van der Waals surface area (Å²) in [5, 5.41) is 22.6. The van der Waals surface area contributed by atoms with Crippen LogP contribution < -0.4 is 5.32 Å². The largest absolute Gasteiger partial charge is 0.384 e. The molecule has 2 rings (SSSR count). The number of hydrogen-bond donors (Lipinski definition) is 1. The number of benzene rings is 2. The van der Waals surface area contributed by atoms with Gasteiger partial charge in [-0.1, -0.05) is 48.3 Å². The normalized spacial score (nSPS) is 10.2. The highest BCUT2D eigenvalue weighted by molar-refractivity contribution is 7.99. The van der Waals surface area contributed by atoms with E-state index in [0.717, 1.165) is 24.6 Å². The lowest BCUT2D eigenvalue weighted by Gasteiger charge is -2.13. The first kappa shape index (κ1) is 19.4. The standard InChI is InChI=1S/C18H14Cl2FN3S/c1-2-3-6-24-15-8-17(18(21)13(10-23)12(15)9-22)25-16-7-11(19)4-5-14(16)20/h4-5,7-8,24H,2-3,6H2,1H3. The Balaban J connectivity index is 2.50. The van der Waals surface area contributed by atoms with Crippen LogP contribution in [0.15, 0.2) is 34.1 Å². The minimum absolute atomic E-state index is 0.0117. The fraction of sp³-hybridized carbons (Fsp3) is 0.222. The van der Waals surface area contributed by atoms with Crippen LogP contribution in [0.4, 0.5) is 10.1 Å². The highest BCUT2D eigenvalue weighted by Gasteiger charge is 2.19. The lowest BCUT2D eigenvalue weighted by atomic mass is 10.1. The van der Waals surface area contributed by atoms with Gasteiger partial charge in [-0.05, 0) is 30.7 Å². The van der Waals surface area contributed by atoms with Gasteiger partial charge in [0, 0.05) is 16.5 Å². The smallest absolute Gasteiger partial charge is 0.156 e. The topological polar surface area (TPSA) is 59.6 Å². The third-order valence-corrected chi connectivity index (χ3v) is 5.16. The Labute approximate surface area is 160 Å². The van der Waals surface area contributed by atoms with E-state index < -0.39 is 5.82 Å². The van der Waals surface area contributed by atoms with Gasteiger partial charge in [-0.2, -0.15) is 10.5 Å². The van der Waals surface area contributed by atoms with E-state index in [2.05, 4.69) is 5.32 Å². The predicted octanol–water partition coefficient (Wildman–Crippen LogP) is 6.24. The van der Waals surface area contributed by atoms with Crippen molar-refractivity contribution in [2.24, 2.45) is 0 Å². The maximum atomic E-state index is 14.7. The Morgan fingerprint density at radius 1 is 1.12 bits per heavy atom. The molecule has 0 heterocycles. The van der Waals surface area contributed by atoms with Crippen LogP contribution in [0.5, 0.6) is 0 Å². The molecule has 0 amide bonds. The first-order valence-corrected chi connectivity index (χ1v) is 9.12. The van der Waals surface area contributed by atoms with Crippen molar-refractivity contribution in [3.63, 3.8) is 0 Å². The van der Waals surface area contributed by atoms with Crippen molar-refractivity contribution in [3.05, 3.63) is 51.3 Å². The molecule has 0 radical (unpaired) electrons. The molecule has 0 unspecified atom stereocenters. The molecule has 0 atom stereocenters. The van der Waals surface area contributed by atoms with E-state index >= 15 is 0 Å². The average Bonchev–Trinajstić information content (AvgIpc) is 2.60. The first-order chi connectivity index (χ1) is 12.0. The summed E-state index contributed by atoms with van der Waals surface area (Å²) in [5.74, 6) is -0.735. The lowest BCUT2D eigenvalue weighted by Crippen LogP contribution is -2.06. The zero-order valence-electron chi connectivity index (χ0n) is 13.4. The average molecular weight is 394 g/mol. The van der Waals surface area contributed by atoms with E-state index in [1.54, 1.807) is 24.3 Å². The number of nitriles is 2. The molecule has 25 heavy (non-hydrogen) atoms. The molecule has 0 saturated carbocycles. The van der Waals surface area contributed by atoms with Crippen molar-refractivity contribution >= 4 is 40.7 Å². The fourth-order valence-electron chi connectivity index (χ4n) is 2.14. The van der Waals surface area contributed by atoms with E-state index in [1.165, 1.54) is 6.07 Å². The minimum atomic E-state index is -0.735. The van der Waals surface area contributed by atoms with Gasteiger partial charge < -0.3 is 5.32 Å². The van der Waals surface area contributed by atoms with Crippen LogP contribution >= 0.6 is 35.0 Å². The minimum Gasteiger partial charge on any atom is -0.384 e. The Morgan fingerprint density at radius 2 is 1.84 bits per heavy atom. The second-order valence-corrected chi connectivity index (χ2v) is 7.09. The molecular formula is C18H14Cl2FN3S. The van der Waals surface area contributed by atoms with Crippen molar-refractivity contribution in [2.75, 3.05) is 11.9 Å². The van der Waals surface area contributed by atoms with Crippen LogP contribution in [0.25, 0.3) is 0 Å². The molecule has 0 bridgehead atoms. The molecule has 7 heteroatoms. The van der Waals surface area contributed by atoms with Crippen LogP contribution in [-0.2, 0) is 0 Å². The quantitative estimate of drug-likeness (QED) is 0.589. The summed E-state index contributed by atoms with van der Waals surface area (Å²) in [5.41, 5.74) is 0.178. The molecule has 0 saturated heterocycles. The number of rotatable bonds is 6. The van der Waals surface area contributed by atoms with Crippen LogP contribution in [0, 0.1) is 28.5 Å². The van der Waals surface area contributed by atoms with E-state index in [4.69, 9.17) is 23.2 Å². The monoisotopic (exact) mass is 393 g/mol. The third kappa shape index (κ3) is 4.58. The molecule has 0 aromatic heterocycles. The summed E-state index contributed by atoms with van der Waals surface area (Å²) in [6.07, 6.45) is 1.87. The summed E-state index contributed by atoms with van der Waals surface area (Å²) in [6, 6.07) is 10.1. The maximum Gasteiger partial charge on any atom is 0.156 e. The summed E-state index contributed by atoms with van der Waals surface area (Å²) in [4.78, 5) is 0.778. The number of unbranched alkanes of at least 4 members (excludes halogenated alkanes) is 1. The van der Waals surface area contributed by atoms with Gasteiger partial charge in [0.1, 0.15) is 17.7 Å². The van der Waals surface area contributed by atoms with Gasteiger partial charge in [-0.25, -0.2) is 4.39 Å². The number of nitrogens with one attached hydrogen (secondary N) is 1. The van der Waals surface area contributed by atoms with Crippen molar-refractivity contribution in [2.45, 2.75) is 29.6 Å². The van der Waals surface area contributed by atoms with Crippen molar-refractivity contribution in [1.29, 1.82) is 10.5 Å². The maximum absolute atomic E-state index is 14.7. The third-order valence-electron chi connectivity index (χ3n) is 3.41. The molecule has 1 N–H and O–H groups in total. The van der Waals surface area contributed by atoms with Gasteiger partial charge in [0.2, 0.25) is 0 Å². The molecule has 0 aliphatic heterocycles. The van der Waals surface area contributed by atoms with Gasteiger partial charge in [-0.15, -0.1) is 0 Å². The number of hydrogen-bond acceptors (Lipinski definition) is 4. The molecule has 3 nitrogen and oxygen atoms in total. The Morgan fingerprint density at radius 3 is 2.48 bits per heavy atom. The lowest BCUT2D eigenvalue weighted by molar-refractivity contribution is 0.597. The van der Waals surface area contributed by atoms with Crippen LogP contribution in [0.3, 0.4) is 0 Å². The molecule has 0 spiro atoms. The molecule has 2 aromatic rings. The zero-order valence-corrected chi connectivity index (χ0v) is 15.7. The van der Waals surface area contributed by atoms with Crippen LogP contribution in [0.1, 0.15) is 30.9 Å². The summed E-state index contributed by atoms with van der Waals surface area (Å²) in [6.45, 7) is 2.67. The Hall–Kier alpha value is -1.92. The van der Waals surface area contributed by atoms with E-state index in [9.17, 15) is 14.9 Å². The highest BCUT2D eigenvalue weighted by Crippen LogP contribution is 2.39. The van der Waals surface area contributed by atoms with Gasteiger partial charge in [0.15, 0.2) is 5.82 Å². The second kappa shape index (κ2) is 8.97. The highest BCUT2D eigenvalue weighted by atomic mass is 35.5. The van der Waals surface area contributed by atoms with E-state index in [1.807, 2.05) is 13.0 Å². The molecule has 0 fully saturated rings. The molecular weight excluding hydrogens is 380 g/mol. The first-order valence-electron chi connectivity index (χ1n) is 7.55. The van der Waals surface area contributed by atoms with Gasteiger partial charge in [-0.3, -0.25) is 0 Å². The van der Waals surface area contributed by atoms with Crippen molar-refractivity contribution < 1.29 is 4.39 Å². The summed E-state index contributed by atoms with van der Waals surface area (Å²) >= 11 is 13.2. The Bertz CT molecular complexity index is 872. The van der Waals surface area contributed by atoms with Crippen molar-refractivity contribution in [3.8, 4) is 12.1 Å². The SMILES string of the molecule is CCCCNc1cc(Sc2cc(Cl)ccc2Cl)c(F)c(C#N)c1C#N. The second-order valence-electron chi connectivity index (χ2n) is 5.17. The summed E-state index contributed by atoms with van der Waals surface area (Å²) in [7, 11) is 0. The van der Waals surface area contributed by atoms with Gasteiger partial charge in [0.25, 0.3) is 0 Å². The van der Waals surface area contributed by atoms with Gasteiger partial charge in [0.05, 0.1) is 21.2 Å². The number of nitrogens with zero attached hydrogens (tertiary/aromatic N) is 2. The van der Waals surface area contributed by atoms with Crippen molar-refractivity contribution in [1.82, 2.24) is 0 Å². The Kier molecular flexibility index (Phi) is 6.96. The molecule has 0 aliphatic rings. The van der Waals surface area contributed by atoms with E-state index in [-0.39, 0.29) is 16.0 Å². The molecule has 2 aromatic carbocycles. The van der Waals surface area contributed by atoms with E-state index in [0.29, 0.717) is 27.2 Å².